The molecule has 1 N–H and O–H groups in total. The molecule has 1 aliphatic heterocycles. The van der Waals surface area contributed by atoms with E-state index in [9.17, 15) is 4.79 Å². The van der Waals surface area contributed by atoms with Crippen LogP contribution in [0.4, 0.5) is 0 Å². The second kappa shape index (κ2) is 7.41. The monoisotopic (exact) mass is 351 g/mol. The van der Waals surface area contributed by atoms with Gasteiger partial charge in [0, 0.05) is 31.1 Å². The van der Waals surface area contributed by atoms with E-state index >= 15 is 0 Å². The Morgan fingerprint density at radius 1 is 1.19 bits per heavy atom. The van der Waals surface area contributed by atoms with Gasteiger partial charge in [0.2, 0.25) is 0 Å². The normalized spacial score (nSPS) is 16.3. The molecule has 0 atom stereocenters. The van der Waals surface area contributed by atoms with Gasteiger partial charge in [0.15, 0.2) is 0 Å². The van der Waals surface area contributed by atoms with Crippen molar-refractivity contribution in [2.45, 2.75) is 39.3 Å². The second-order valence-corrected chi connectivity index (χ2v) is 7.10. The van der Waals surface area contributed by atoms with Gasteiger partial charge in [-0.15, -0.1) is 0 Å². The van der Waals surface area contributed by atoms with Crippen LogP contribution in [0.1, 0.15) is 31.2 Å². The van der Waals surface area contributed by atoms with Crippen LogP contribution in [-0.2, 0) is 19.5 Å². The molecular weight excluding hydrogens is 326 g/mol. The fourth-order valence-electron chi connectivity index (χ4n) is 3.98. The lowest BCUT2D eigenvalue weighted by Crippen LogP contribution is -2.34. The summed E-state index contributed by atoms with van der Waals surface area (Å²) in [4.78, 5) is 18.7. The molecule has 0 radical (unpaired) electrons. The summed E-state index contributed by atoms with van der Waals surface area (Å²) in [5.74, 6) is 1.50. The maximum atomic E-state index is 11.7. The first-order chi connectivity index (χ1) is 12.7. The van der Waals surface area contributed by atoms with Crippen LogP contribution in [0.5, 0.6) is 0 Å². The molecule has 6 heteroatoms. The molecule has 0 spiro atoms. The number of nitrogens with one attached hydrogen (secondary N) is 1. The predicted octanol–water partition coefficient (Wildman–Crippen LogP) is 2.59. The van der Waals surface area contributed by atoms with Crippen LogP contribution >= 0.6 is 0 Å². The molecule has 136 valence electrons. The van der Waals surface area contributed by atoms with Crippen LogP contribution in [-0.4, -0.2) is 37.7 Å². The van der Waals surface area contributed by atoms with Crippen molar-refractivity contribution < 1.29 is 0 Å². The molecule has 0 amide bonds. The van der Waals surface area contributed by atoms with Gasteiger partial charge in [-0.2, -0.15) is 5.10 Å². The standard InChI is InChI=1S/C20H25N5O/c1-2-25-19(22-23-20(25)26)13-15-8-11-24(12-9-15)14-16-5-3-7-18-17(16)6-4-10-21-18/h3-7,10,15H,2,8-9,11-14H2,1H3,(H,23,26). The summed E-state index contributed by atoms with van der Waals surface area (Å²) in [6.07, 6.45) is 5.03. The number of piperidine rings is 1. The number of rotatable bonds is 5. The van der Waals surface area contributed by atoms with Gasteiger partial charge < -0.3 is 0 Å². The van der Waals surface area contributed by atoms with Gasteiger partial charge in [0.25, 0.3) is 0 Å². The van der Waals surface area contributed by atoms with Crippen molar-refractivity contribution in [3.8, 4) is 0 Å². The van der Waals surface area contributed by atoms with E-state index in [-0.39, 0.29) is 5.69 Å². The Morgan fingerprint density at radius 2 is 2.04 bits per heavy atom. The zero-order chi connectivity index (χ0) is 17.9. The van der Waals surface area contributed by atoms with E-state index in [0.717, 1.165) is 50.2 Å². The van der Waals surface area contributed by atoms with Gasteiger partial charge in [-0.3, -0.25) is 14.5 Å². The minimum atomic E-state index is -0.0931. The first-order valence-electron chi connectivity index (χ1n) is 9.43. The van der Waals surface area contributed by atoms with E-state index in [1.165, 1.54) is 10.9 Å². The summed E-state index contributed by atoms with van der Waals surface area (Å²) in [6.45, 7) is 5.81. The molecule has 1 saturated heterocycles. The largest absolute Gasteiger partial charge is 0.343 e. The number of likely N-dealkylation sites (tertiary alicyclic amines) is 1. The number of hydrogen-bond donors (Lipinski definition) is 1. The number of aromatic amines is 1. The minimum absolute atomic E-state index is 0.0931. The number of benzene rings is 1. The quantitative estimate of drug-likeness (QED) is 0.767. The van der Waals surface area contributed by atoms with Crippen molar-refractivity contribution in [1.82, 2.24) is 24.6 Å². The maximum Gasteiger partial charge on any atom is 0.343 e. The Bertz CT molecular complexity index is 931. The molecule has 1 aliphatic rings. The SMILES string of the molecule is CCn1c(CC2CCN(Cc3cccc4ncccc34)CC2)n[nH]c1=O. The van der Waals surface area contributed by atoms with E-state index in [1.54, 1.807) is 4.57 Å². The Labute approximate surface area is 152 Å². The Morgan fingerprint density at radius 3 is 2.85 bits per heavy atom. The number of hydrogen-bond acceptors (Lipinski definition) is 4. The Balaban J connectivity index is 1.38. The van der Waals surface area contributed by atoms with E-state index < -0.39 is 0 Å². The number of H-pyrrole nitrogens is 1. The minimum Gasteiger partial charge on any atom is -0.299 e. The molecule has 0 saturated carbocycles. The van der Waals surface area contributed by atoms with E-state index in [2.05, 4.69) is 44.3 Å². The summed E-state index contributed by atoms with van der Waals surface area (Å²) in [5.41, 5.74) is 2.32. The Hall–Kier alpha value is -2.47. The van der Waals surface area contributed by atoms with Crippen molar-refractivity contribution in [3.05, 3.63) is 58.4 Å². The number of aromatic nitrogens is 4. The highest BCUT2D eigenvalue weighted by Crippen LogP contribution is 2.24. The first-order valence-corrected chi connectivity index (χ1v) is 9.43. The zero-order valence-corrected chi connectivity index (χ0v) is 15.2. The molecule has 1 aromatic carbocycles. The summed E-state index contributed by atoms with van der Waals surface area (Å²) in [6, 6.07) is 10.5. The van der Waals surface area contributed by atoms with E-state index in [1.807, 2.05) is 19.2 Å². The molecule has 0 bridgehead atoms. The highest BCUT2D eigenvalue weighted by molar-refractivity contribution is 5.81. The number of pyridine rings is 1. The molecule has 6 nitrogen and oxygen atoms in total. The van der Waals surface area contributed by atoms with Crippen molar-refractivity contribution in [2.24, 2.45) is 5.92 Å². The summed E-state index contributed by atoms with van der Waals surface area (Å²) >= 11 is 0. The molecule has 3 aromatic rings. The van der Waals surface area contributed by atoms with Crippen LogP contribution < -0.4 is 5.69 Å². The van der Waals surface area contributed by atoms with Crippen LogP contribution in [0.2, 0.25) is 0 Å². The lowest BCUT2D eigenvalue weighted by molar-refractivity contribution is 0.176. The second-order valence-electron chi connectivity index (χ2n) is 7.10. The molecule has 0 unspecified atom stereocenters. The Kier molecular flexibility index (Phi) is 4.84. The number of fused-ring (bicyclic) bond motifs is 1. The van der Waals surface area contributed by atoms with Crippen molar-refractivity contribution in [1.29, 1.82) is 0 Å². The first kappa shape index (κ1) is 17.0. The van der Waals surface area contributed by atoms with E-state index in [4.69, 9.17) is 0 Å². The third-order valence-electron chi connectivity index (χ3n) is 5.46. The fourth-order valence-corrected chi connectivity index (χ4v) is 3.98. The molecule has 0 aliphatic carbocycles. The molecule has 1 fully saturated rings. The highest BCUT2D eigenvalue weighted by atomic mass is 16.1. The van der Waals surface area contributed by atoms with Crippen LogP contribution in [0.25, 0.3) is 10.9 Å². The summed E-state index contributed by atoms with van der Waals surface area (Å²) in [7, 11) is 0. The van der Waals surface area contributed by atoms with Gasteiger partial charge in [-0.25, -0.2) is 9.89 Å². The third-order valence-corrected chi connectivity index (χ3v) is 5.46. The van der Waals surface area contributed by atoms with Gasteiger partial charge in [0.1, 0.15) is 5.82 Å². The molecule has 3 heterocycles. The number of nitrogens with zero attached hydrogens (tertiary/aromatic N) is 4. The van der Waals surface area contributed by atoms with Gasteiger partial charge in [-0.1, -0.05) is 18.2 Å². The lowest BCUT2D eigenvalue weighted by atomic mass is 9.92. The topological polar surface area (TPSA) is 66.8 Å². The van der Waals surface area contributed by atoms with Crippen molar-refractivity contribution in [3.63, 3.8) is 0 Å². The van der Waals surface area contributed by atoms with Gasteiger partial charge in [0.05, 0.1) is 5.52 Å². The van der Waals surface area contributed by atoms with Gasteiger partial charge in [-0.05, 0) is 56.5 Å². The predicted molar refractivity (Wildman–Crippen MR) is 102 cm³/mol. The highest BCUT2D eigenvalue weighted by Gasteiger charge is 2.22. The van der Waals surface area contributed by atoms with Crippen LogP contribution in [0.15, 0.2) is 41.3 Å². The molecular formula is C20H25N5O. The average molecular weight is 351 g/mol. The maximum absolute atomic E-state index is 11.7. The fraction of sp³-hybridized carbons (Fsp3) is 0.450. The summed E-state index contributed by atoms with van der Waals surface area (Å²) < 4.78 is 1.75. The third kappa shape index (κ3) is 3.42. The molecule has 4 rings (SSSR count). The summed E-state index contributed by atoms with van der Waals surface area (Å²) in [5, 5.41) is 8.03. The van der Waals surface area contributed by atoms with E-state index in [0.29, 0.717) is 12.5 Å². The smallest absolute Gasteiger partial charge is 0.299 e. The lowest BCUT2D eigenvalue weighted by Gasteiger charge is -2.32. The van der Waals surface area contributed by atoms with Crippen molar-refractivity contribution in [2.75, 3.05) is 13.1 Å². The molecule has 2 aromatic heterocycles. The van der Waals surface area contributed by atoms with Crippen molar-refractivity contribution >= 4 is 10.9 Å². The zero-order valence-electron chi connectivity index (χ0n) is 15.2. The molecule has 26 heavy (non-hydrogen) atoms. The van der Waals surface area contributed by atoms with Crippen LogP contribution in [0.3, 0.4) is 0 Å². The average Bonchev–Trinajstić information content (AvgIpc) is 3.03. The van der Waals surface area contributed by atoms with Crippen LogP contribution in [0, 0.1) is 5.92 Å². The van der Waals surface area contributed by atoms with Gasteiger partial charge >= 0.3 is 5.69 Å².